The van der Waals surface area contributed by atoms with Gasteiger partial charge in [0, 0.05) is 38.7 Å². The van der Waals surface area contributed by atoms with Crippen molar-refractivity contribution in [3.63, 3.8) is 0 Å². The highest BCUT2D eigenvalue weighted by atomic mass is 32.1. The van der Waals surface area contributed by atoms with Gasteiger partial charge in [0.25, 0.3) is 0 Å². The lowest BCUT2D eigenvalue weighted by molar-refractivity contribution is 0.602. The molecule has 56 heavy (non-hydrogen) atoms. The zero-order valence-electron chi connectivity index (χ0n) is 29.9. The number of nitrogens with zero attached hydrogens (tertiary/aromatic N) is 6. The van der Waals surface area contributed by atoms with E-state index in [0.717, 1.165) is 83.1 Å². The van der Waals surface area contributed by atoms with Crippen LogP contribution in [0.15, 0.2) is 162 Å². The summed E-state index contributed by atoms with van der Waals surface area (Å²) >= 11 is 1.69. The van der Waals surface area contributed by atoms with Crippen molar-refractivity contribution in [3.05, 3.63) is 164 Å². The summed E-state index contributed by atoms with van der Waals surface area (Å²) in [5.41, 5.74) is 12.4. The van der Waals surface area contributed by atoms with Gasteiger partial charge in [-0.3, -0.25) is 0 Å². The van der Waals surface area contributed by atoms with E-state index in [-0.39, 0.29) is 0 Å². The largest absolute Gasteiger partial charge is 0.443 e. The fraction of sp³-hybridized carbons (Fsp3) is 0.0625. The second-order valence-electron chi connectivity index (χ2n) is 14.6. The van der Waals surface area contributed by atoms with Gasteiger partial charge in [0.1, 0.15) is 10.5 Å². The minimum atomic E-state index is 0.491. The average Bonchev–Trinajstić information content (AvgIpc) is 3.55. The summed E-state index contributed by atoms with van der Waals surface area (Å²) in [6.45, 7) is 0. The molecular formula is C48H30N6OS. The van der Waals surface area contributed by atoms with E-state index in [1.54, 1.807) is 11.3 Å². The van der Waals surface area contributed by atoms with E-state index in [1.807, 2.05) is 24.3 Å². The highest BCUT2D eigenvalue weighted by Gasteiger charge is 2.41. The SMILES string of the molecule is C1=CC2C[C@@H]2C(c2nc(-c3ccccc3)nc(-c3ccc4nc(-c5cccc(-c6ccc7c(c6)c6ccccc6n7-c6ccc7ocnc7c6)c5)sc4c3)n2)=C1. The molecule has 0 spiro atoms. The Hall–Kier alpha value is -7.03. The number of thiazole rings is 1. The smallest absolute Gasteiger partial charge is 0.181 e. The van der Waals surface area contributed by atoms with Crippen LogP contribution in [0.25, 0.3) is 98.9 Å². The van der Waals surface area contributed by atoms with Gasteiger partial charge in [-0.1, -0.05) is 91.0 Å². The van der Waals surface area contributed by atoms with E-state index >= 15 is 0 Å². The third-order valence-corrected chi connectivity index (χ3v) is 12.2. The second-order valence-corrected chi connectivity index (χ2v) is 15.6. The van der Waals surface area contributed by atoms with Crippen LogP contribution < -0.4 is 0 Å². The Morgan fingerprint density at radius 3 is 2.32 bits per heavy atom. The lowest BCUT2D eigenvalue weighted by Gasteiger charge is -2.11. The Labute approximate surface area is 325 Å². The first-order chi connectivity index (χ1) is 27.7. The molecule has 2 aliphatic carbocycles. The summed E-state index contributed by atoms with van der Waals surface area (Å²) < 4.78 is 8.92. The lowest BCUT2D eigenvalue weighted by atomic mass is 10.0. The summed E-state index contributed by atoms with van der Waals surface area (Å²) in [4.78, 5) is 24.6. The van der Waals surface area contributed by atoms with E-state index in [2.05, 4.69) is 137 Å². The molecule has 2 aliphatic rings. The Kier molecular flexibility index (Phi) is 6.85. The van der Waals surface area contributed by atoms with Gasteiger partial charge in [-0.25, -0.2) is 24.9 Å². The molecule has 8 heteroatoms. The van der Waals surface area contributed by atoms with Crippen molar-refractivity contribution in [1.82, 2.24) is 29.5 Å². The topological polar surface area (TPSA) is 82.5 Å². The van der Waals surface area contributed by atoms with Crippen LogP contribution in [0.4, 0.5) is 0 Å². The minimum absolute atomic E-state index is 0.491. The molecule has 0 radical (unpaired) electrons. The van der Waals surface area contributed by atoms with E-state index in [4.69, 9.17) is 24.4 Å². The molecule has 0 aliphatic heterocycles. The molecule has 264 valence electrons. The number of hydrogen-bond acceptors (Lipinski definition) is 7. The molecule has 0 N–H and O–H groups in total. The minimum Gasteiger partial charge on any atom is -0.443 e. The third kappa shape index (κ3) is 5.14. The first-order valence-electron chi connectivity index (χ1n) is 18.8. The van der Waals surface area contributed by atoms with Crippen LogP contribution >= 0.6 is 11.3 Å². The van der Waals surface area contributed by atoms with Crippen LogP contribution in [0.1, 0.15) is 12.2 Å². The monoisotopic (exact) mass is 738 g/mol. The lowest BCUT2D eigenvalue weighted by Crippen LogP contribution is -2.05. The number of oxazole rings is 1. The quantitative estimate of drug-likeness (QED) is 0.169. The standard InChI is InChI=1S/C48H30N6OS/c1-2-8-28(9-3-1)45-51-46(53-47(52-45)36-14-7-11-31-24-37(31)36)32-16-19-39-44(25-32)56-48(50-39)33-12-6-10-29(22-33)30-17-20-42-38(23-30)35-13-4-5-15-41(35)54(42)34-18-21-43-40(26-34)49-27-55-43/h1-23,25-27,31,37H,24H2/t31?,37-/m0/s1. The van der Waals surface area contributed by atoms with Gasteiger partial charge in [0.2, 0.25) is 0 Å². The van der Waals surface area contributed by atoms with Gasteiger partial charge in [-0.2, -0.15) is 0 Å². The van der Waals surface area contributed by atoms with Crippen LogP contribution in [-0.2, 0) is 0 Å². The van der Waals surface area contributed by atoms with Crippen molar-refractivity contribution in [3.8, 4) is 50.2 Å². The second kappa shape index (κ2) is 12.2. The Morgan fingerprint density at radius 2 is 1.38 bits per heavy atom. The zero-order valence-corrected chi connectivity index (χ0v) is 30.7. The third-order valence-electron chi connectivity index (χ3n) is 11.1. The van der Waals surface area contributed by atoms with Gasteiger partial charge >= 0.3 is 0 Å². The highest BCUT2D eigenvalue weighted by Crippen LogP contribution is 2.50. The molecule has 7 nitrogen and oxygen atoms in total. The fourth-order valence-electron chi connectivity index (χ4n) is 8.24. The van der Waals surface area contributed by atoms with Crippen molar-refractivity contribution >= 4 is 60.0 Å². The Morgan fingerprint density at radius 1 is 0.589 bits per heavy atom. The maximum Gasteiger partial charge on any atom is 0.181 e. The van der Waals surface area contributed by atoms with Crippen LogP contribution in [0.5, 0.6) is 0 Å². The van der Waals surface area contributed by atoms with E-state index in [0.29, 0.717) is 23.5 Å². The molecule has 6 aromatic carbocycles. The molecule has 2 atom stereocenters. The van der Waals surface area contributed by atoms with E-state index < -0.39 is 0 Å². The number of allylic oxidation sites excluding steroid dienone is 4. The molecule has 4 aromatic heterocycles. The van der Waals surface area contributed by atoms with Crippen LogP contribution in [0, 0.1) is 11.8 Å². The fourth-order valence-corrected chi connectivity index (χ4v) is 9.24. The summed E-state index contributed by atoms with van der Waals surface area (Å²) in [5.74, 6) is 3.22. The highest BCUT2D eigenvalue weighted by molar-refractivity contribution is 7.21. The molecular weight excluding hydrogens is 709 g/mol. The number of para-hydroxylation sites is 1. The van der Waals surface area contributed by atoms with E-state index in [9.17, 15) is 0 Å². The number of aromatic nitrogens is 6. The number of benzene rings is 6. The van der Waals surface area contributed by atoms with Crippen molar-refractivity contribution in [2.45, 2.75) is 6.42 Å². The van der Waals surface area contributed by atoms with Crippen molar-refractivity contribution in [1.29, 1.82) is 0 Å². The molecule has 12 rings (SSSR count). The molecule has 0 bridgehead atoms. The van der Waals surface area contributed by atoms with Gasteiger partial charge in [-0.05, 0) is 90.0 Å². The molecule has 0 amide bonds. The average molecular weight is 739 g/mol. The van der Waals surface area contributed by atoms with Gasteiger partial charge in [0.15, 0.2) is 29.4 Å². The normalized spacial score (nSPS) is 16.2. The predicted octanol–water partition coefficient (Wildman–Crippen LogP) is 12.0. The first kappa shape index (κ1) is 31.3. The molecule has 10 aromatic rings. The van der Waals surface area contributed by atoms with Crippen molar-refractivity contribution < 1.29 is 4.42 Å². The zero-order chi connectivity index (χ0) is 36.7. The molecule has 1 fully saturated rings. The summed E-state index contributed by atoms with van der Waals surface area (Å²) in [7, 11) is 0. The molecule has 0 saturated heterocycles. The maximum atomic E-state index is 5.52. The predicted molar refractivity (Wildman–Crippen MR) is 225 cm³/mol. The van der Waals surface area contributed by atoms with Crippen LogP contribution in [0.3, 0.4) is 0 Å². The first-order valence-corrected chi connectivity index (χ1v) is 19.6. The maximum absolute atomic E-state index is 5.52. The summed E-state index contributed by atoms with van der Waals surface area (Å²) in [5, 5.41) is 3.37. The van der Waals surface area contributed by atoms with Crippen molar-refractivity contribution in [2.24, 2.45) is 11.8 Å². The van der Waals surface area contributed by atoms with E-state index in [1.165, 1.54) is 22.7 Å². The molecule has 4 heterocycles. The van der Waals surface area contributed by atoms with Crippen LogP contribution in [-0.4, -0.2) is 29.5 Å². The number of hydrogen-bond donors (Lipinski definition) is 0. The van der Waals surface area contributed by atoms with Gasteiger partial charge in [-0.15, -0.1) is 11.3 Å². The summed E-state index contributed by atoms with van der Waals surface area (Å²) in [6.07, 6.45) is 9.26. The molecule has 1 saturated carbocycles. The Bertz CT molecular complexity index is 3260. The number of rotatable bonds is 6. The van der Waals surface area contributed by atoms with Crippen LogP contribution in [0.2, 0.25) is 0 Å². The Balaban J connectivity index is 0.913. The van der Waals surface area contributed by atoms with Gasteiger partial charge in [0.05, 0.1) is 21.3 Å². The summed E-state index contributed by atoms with van der Waals surface area (Å²) in [6, 6.07) is 46.7. The number of fused-ring (bicyclic) bond motifs is 6. The molecule has 1 unspecified atom stereocenters. The van der Waals surface area contributed by atoms with Crippen molar-refractivity contribution in [2.75, 3.05) is 0 Å². The van der Waals surface area contributed by atoms with Gasteiger partial charge < -0.3 is 8.98 Å².